The lowest BCUT2D eigenvalue weighted by molar-refractivity contribution is -0.138. The van der Waals surface area contributed by atoms with E-state index in [1.54, 1.807) is 6.20 Å². The number of aryl methyl sites for hydroxylation is 1. The molecule has 0 saturated heterocycles. The van der Waals surface area contributed by atoms with Crippen molar-refractivity contribution in [2.24, 2.45) is 5.92 Å². The van der Waals surface area contributed by atoms with Crippen molar-refractivity contribution in [3.8, 4) is 0 Å². The summed E-state index contributed by atoms with van der Waals surface area (Å²) in [5, 5.41) is 8.89. The molecule has 0 unspecified atom stereocenters. The van der Waals surface area contributed by atoms with Gasteiger partial charge in [0, 0.05) is 25.5 Å². The van der Waals surface area contributed by atoms with Crippen LogP contribution in [0.25, 0.3) is 0 Å². The highest BCUT2D eigenvalue weighted by molar-refractivity contribution is 5.69. The van der Waals surface area contributed by atoms with Crippen LogP contribution in [0.15, 0.2) is 18.5 Å². The summed E-state index contributed by atoms with van der Waals surface area (Å²) in [6.07, 6.45) is 3.56. The summed E-state index contributed by atoms with van der Waals surface area (Å²) in [4.78, 5) is 16.8. The number of hydrogen-bond acceptors (Lipinski definition) is 3. The number of pyridine rings is 1. The van der Waals surface area contributed by atoms with Crippen LogP contribution in [0.1, 0.15) is 25.0 Å². The van der Waals surface area contributed by atoms with Gasteiger partial charge in [0.2, 0.25) is 0 Å². The van der Waals surface area contributed by atoms with E-state index in [2.05, 4.69) is 18.8 Å². The van der Waals surface area contributed by atoms with Gasteiger partial charge in [0.1, 0.15) is 0 Å². The smallest absolute Gasteiger partial charge is 0.317 e. The third-order valence-electron chi connectivity index (χ3n) is 2.52. The lowest BCUT2D eigenvalue weighted by Crippen LogP contribution is -2.32. The van der Waals surface area contributed by atoms with Gasteiger partial charge in [-0.15, -0.1) is 0 Å². The maximum atomic E-state index is 10.8. The molecule has 1 aromatic heterocycles. The largest absolute Gasteiger partial charge is 0.480 e. The zero-order chi connectivity index (χ0) is 12.8. The molecule has 4 heteroatoms. The molecule has 1 rings (SSSR count). The van der Waals surface area contributed by atoms with Crippen LogP contribution >= 0.6 is 0 Å². The van der Waals surface area contributed by atoms with Crippen LogP contribution in [0, 0.1) is 12.8 Å². The van der Waals surface area contributed by atoms with Crippen molar-refractivity contribution in [1.82, 2.24) is 9.88 Å². The summed E-state index contributed by atoms with van der Waals surface area (Å²) in [6.45, 7) is 7.69. The summed E-state index contributed by atoms with van der Waals surface area (Å²) >= 11 is 0. The van der Waals surface area contributed by atoms with E-state index in [4.69, 9.17) is 5.11 Å². The number of rotatable bonds is 6. The average molecular weight is 236 g/mol. The topological polar surface area (TPSA) is 53.4 Å². The Morgan fingerprint density at radius 1 is 1.53 bits per heavy atom. The van der Waals surface area contributed by atoms with Gasteiger partial charge in [0.05, 0.1) is 6.54 Å². The monoisotopic (exact) mass is 236 g/mol. The highest BCUT2D eigenvalue weighted by Gasteiger charge is 2.12. The molecule has 0 aliphatic carbocycles. The molecule has 0 aliphatic heterocycles. The zero-order valence-electron chi connectivity index (χ0n) is 10.7. The minimum absolute atomic E-state index is 0.0759. The van der Waals surface area contributed by atoms with Crippen molar-refractivity contribution in [3.05, 3.63) is 29.6 Å². The number of hydrogen-bond donors (Lipinski definition) is 1. The van der Waals surface area contributed by atoms with Crippen molar-refractivity contribution in [2.45, 2.75) is 27.3 Å². The molecule has 0 aliphatic rings. The Balaban J connectivity index is 2.71. The number of nitrogens with zero attached hydrogens (tertiary/aromatic N) is 2. The van der Waals surface area contributed by atoms with Crippen LogP contribution in [0.4, 0.5) is 0 Å². The first kappa shape index (κ1) is 13.6. The molecule has 0 atom stereocenters. The second-order valence-corrected chi connectivity index (χ2v) is 4.76. The molecule has 1 aromatic rings. The lowest BCUT2D eigenvalue weighted by atomic mass is 10.1. The molecule has 0 saturated carbocycles. The summed E-state index contributed by atoms with van der Waals surface area (Å²) in [5.74, 6) is -0.335. The van der Waals surface area contributed by atoms with Crippen LogP contribution < -0.4 is 0 Å². The second-order valence-electron chi connectivity index (χ2n) is 4.76. The van der Waals surface area contributed by atoms with Gasteiger partial charge in [0.25, 0.3) is 0 Å². The van der Waals surface area contributed by atoms with Crippen LogP contribution in [0.3, 0.4) is 0 Å². The minimum atomic E-state index is -0.785. The molecular weight excluding hydrogens is 216 g/mol. The molecule has 0 radical (unpaired) electrons. The molecular formula is C13H20N2O2. The van der Waals surface area contributed by atoms with Crippen molar-refractivity contribution < 1.29 is 9.90 Å². The molecule has 0 bridgehead atoms. The quantitative estimate of drug-likeness (QED) is 0.820. The number of carbonyl (C=O) groups is 1. The Bertz CT molecular complexity index is 377. The third-order valence-corrected chi connectivity index (χ3v) is 2.52. The maximum absolute atomic E-state index is 10.8. The van der Waals surface area contributed by atoms with E-state index in [0.717, 1.165) is 17.7 Å². The summed E-state index contributed by atoms with van der Waals surface area (Å²) in [7, 11) is 0. The molecule has 0 fully saturated rings. The van der Waals surface area contributed by atoms with Crippen molar-refractivity contribution in [3.63, 3.8) is 0 Å². The summed E-state index contributed by atoms with van der Waals surface area (Å²) in [5.41, 5.74) is 2.24. The van der Waals surface area contributed by atoms with E-state index in [-0.39, 0.29) is 6.54 Å². The van der Waals surface area contributed by atoms with E-state index in [1.165, 1.54) is 0 Å². The molecule has 0 spiro atoms. The van der Waals surface area contributed by atoms with Crippen LogP contribution in [0.5, 0.6) is 0 Å². The van der Waals surface area contributed by atoms with E-state index < -0.39 is 5.97 Å². The van der Waals surface area contributed by atoms with E-state index >= 15 is 0 Å². The van der Waals surface area contributed by atoms with Gasteiger partial charge in [-0.3, -0.25) is 14.7 Å². The predicted molar refractivity (Wildman–Crippen MR) is 66.7 cm³/mol. The minimum Gasteiger partial charge on any atom is -0.480 e. The first-order valence-electron chi connectivity index (χ1n) is 5.82. The number of carboxylic acids is 1. The highest BCUT2D eigenvalue weighted by Crippen LogP contribution is 2.10. The summed E-state index contributed by atoms with van der Waals surface area (Å²) in [6, 6.07) is 1.95. The van der Waals surface area contributed by atoms with Gasteiger partial charge >= 0.3 is 5.97 Å². The van der Waals surface area contributed by atoms with Crippen LogP contribution in [-0.4, -0.2) is 34.0 Å². The zero-order valence-corrected chi connectivity index (χ0v) is 10.7. The Morgan fingerprint density at radius 3 is 2.76 bits per heavy atom. The highest BCUT2D eigenvalue weighted by atomic mass is 16.4. The molecule has 17 heavy (non-hydrogen) atoms. The average Bonchev–Trinajstić information content (AvgIpc) is 2.19. The predicted octanol–water partition coefficient (Wildman–Crippen LogP) is 1.93. The third kappa shape index (κ3) is 4.95. The van der Waals surface area contributed by atoms with Crippen LogP contribution in [-0.2, 0) is 11.3 Å². The lowest BCUT2D eigenvalue weighted by Gasteiger charge is -2.22. The van der Waals surface area contributed by atoms with Gasteiger partial charge < -0.3 is 5.11 Å². The van der Waals surface area contributed by atoms with Gasteiger partial charge in [-0.2, -0.15) is 0 Å². The first-order chi connectivity index (χ1) is 7.99. The molecule has 0 aromatic carbocycles. The van der Waals surface area contributed by atoms with Crippen molar-refractivity contribution in [2.75, 3.05) is 13.1 Å². The van der Waals surface area contributed by atoms with Crippen molar-refractivity contribution >= 4 is 5.97 Å². The van der Waals surface area contributed by atoms with Gasteiger partial charge in [0.15, 0.2) is 0 Å². The Labute approximate surface area is 102 Å². The van der Waals surface area contributed by atoms with Gasteiger partial charge in [-0.05, 0) is 30.0 Å². The van der Waals surface area contributed by atoms with Crippen molar-refractivity contribution in [1.29, 1.82) is 0 Å². The maximum Gasteiger partial charge on any atom is 0.317 e. The van der Waals surface area contributed by atoms with Gasteiger partial charge in [-0.25, -0.2) is 0 Å². The van der Waals surface area contributed by atoms with E-state index in [9.17, 15) is 4.79 Å². The molecule has 1 N–H and O–H groups in total. The van der Waals surface area contributed by atoms with Crippen LogP contribution in [0.2, 0.25) is 0 Å². The fraction of sp³-hybridized carbons (Fsp3) is 0.538. The molecule has 94 valence electrons. The number of carboxylic acid groups (broad SMARTS) is 1. The van der Waals surface area contributed by atoms with E-state index in [1.807, 2.05) is 24.1 Å². The Kier molecular flexibility index (Phi) is 5.10. The molecule has 4 nitrogen and oxygen atoms in total. The molecule has 0 amide bonds. The second kappa shape index (κ2) is 6.35. The number of aromatic nitrogens is 1. The van der Waals surface area contributed by atoms with E-state index in [0.29, 0.717) is 12.5 Å². The molecule has 1 heterocycles. The Hall–Kier alpha value is -1.42. The fourth-order valence-corrected chi connectivity index (χ4v) is 1.80. The first-order valence-corrected chi connectivity index (χ1v) is 5.82. The summed E-state index contributed by atoms with van der Waals surface area (Å²) < 4.78 is 0. The standard InChI is InChI=1S/C13H20N2O2/c1-10(2)7-15(9-13(16)17)8-12-6-14-5-4-11(12)3/h4-6,10H,7-9H2,1-3H3,(H,16,17). The number of aliphatic carboxylic acids is 1. The normalized spacial score (nSPS) is 11.1. The Morgan fingerprint density at radius 2 is 2.24 bits per heavy atom. The SMILES string of the molecule is Cc1ccncc1CN(CC(=O)O)CC(C)C. The van der Waals surface area contributed by atoms with Gasteiger partial charge in [-0.1, -0.05) is 13.8 Å². The fourth-order valence-electron chi connectivity index (χ4n) is 1.80.